The summed E-state index contributed by atoms with van der Waals surface area (Å²) in [6.07, 6.45) is 0. The number of hydrogen-bond acceptors (Lipinski definition) is 4. The fourth-order valence-corrected chi connectivity index (χ4v) is 5.09. The van der Waals surface area contributed by atoms with Gasteiger partial charge in [-0.2, -0.15) is 0 Å². The van der Waals surface area contributed by atoms with Gasteiger partial charge < -0.3 is 10.6 Å². The van der Waals surface area contributed by atoms with Gasteiger partial charge in [0.05, 0.1) is 9.58 Å². The molecule has 0 bridgehead atoms. The largest absolute Gasteiger partial charge is 0.340 e. The van der Waals surface area contributed by atoms with Crippen molar-refractivity contribution in [1.82, 2.24) is 4.90 Å². The zero-order chi connectivity index (χ0) is 15.9. The van der Waals surface area contributed by atoms with E-state index in [1.807, 2.05) is 19.2 Å². The number of carbonyl (C=O) groups excluding carboxylic acids is 1. The number of amides is 1. The van der Waals surface area contributed by atoms with Gasteiger partial charge in [0.25, 0.3) is 5.91 Å². The first kappa shape index (κ1) is 15.5. The molecule has 2 N–H and O–H groups in total. The SMILES string of the molecule is CN(CC(C)(C)CN)C(=O)c1cc2sc3ccccc3c2s1. The summed E-state index contributed by atoms with van der Waals surface area (Å²) in [6.45, 7) is 5.39. The average molecular weight is 332 g/mol. The van der Waals surface area contributed by atoms with E-state index < -0.39 is 0 Å². The van der Waals surface area contributed by atoms with E-state index in [-0.39, 0.29) is 11.3 Å². The maximum atomic E-state index is 12.6. The predicted octanol–water partition coefficient (Wildman–Crippen LogP) is 4.17. The molecule has 3 aromatic rings. The normalized spacial score (nSPS) is 12.2. The van der Waals surface area contributed by atoms with E-state index in [2.05, 4.69) is 32.0 Å². The van der Waals surface area contributed by atoms with Crippen LogP contribution < -0.4 is 5.73 Å². The second kappa shape index (κ2) is 5.65. The summed E-state index contributed by atoms with van der Waals surface area (Å²) in [7, 11) is 1.85. The molecule has 0 aliphatic carbocycles. The maximum Gasteiger partial charge on any atom is 0.263 e. The predicted molar refractivity (Wildman–Crippen MR) is 97.0 cm³/mol. The Morgan fingerprint density at radius 2 is 1.95 bits per heavy atom. The van der Waals surface area contributed by atoms with Crippen molar-refractivity contribution in [2.45, 2.75) is 13.8 Å². The molecule has 2 heterocycles. The number of nitrogens with two attached hydrogens (primary N) is 1. The van der Waals surface area contributed by atoms with Crippen molar-refractivity contribution in [2.24, 2.45) is 11.1 Å². The van der Waals surface area contributed by atoms with Crippen molar-refractivity contribution in [3.05, 3.63) is 35.2 Å². The summed E-state index contributed by atoms with van der Waals surface area (Å²) < 4.78 is 3.69. The van der Waals surface area contributed by atoms with Gasteiger partial charge in [-0.05, 0) is 24.1 Å². The molecule has 1 aromatic carbocycles. The lowest BCUT2D eigenvalue weighted by molar-refractivity contribution is 0.0745. The van der Waals surface area contributed by atoms with Crippen molar-refractivity contribution in [3.8, 4) is 0 Å². The summed E-state index contributed by atoms with van der Waals surface area (Å²) in [6, 6.07) is 10.4. The summed E-state index contributed by atoms with van der Waals surface area (Å²) in [5.41, 5.74) is 5.70. The first-order valence-corrected chi connectivity index (χ1v) is 8.91. The van der Waals surface area contributed by atoms with Crippen LogP contribution in [0.3, 0.4) is 0 Å². The summed E-state index contributed by atoms with van der Waals surface area (Å²) in [5.74, 6) is 0.0824. The van der Waals surface area contributed by atoms with Crippen molar-refractivity contribution >= 4 is 48.1 Å². The van der Waals surface area contributed by atoms with Crippen LogP contribution in [0.2, 0.25) is 0 Å². The molecule has 5 heteroatoms. The third-order valence-electron chi connectivity index (χ3n) is 3.82. The number of carbonyl (C=O) groups is 1. The topological polar surface area (TPSA) is 46.3 Å². The standard InChI is InChI=1S/C17H20N2OS2/c1-17(2,9-18)10-19(3)16(20)14-8-13-15(22-14)11-6-4-5-7-12(11)21-13/h4-8H,9-10,18H2,1-3H3. The molecule has 3 rings (SSSR count). The lowest BCUT2D eigenvalue weighted by Crippen LogP contribution is -2.39. The van der Waals surface area contributed by atoms with Crippen LogP contribution in [-0.4, -0.2) is 30.9 Å². The maximum absolute atomic E-state index is 12.6. The second-order valence-corrected chi connectivity index (χ2v) is 8.57. The summed E-state index contributed by atoms with van der Waals surface area (Å²) >= 11 is 3.34. The molecule has 0 saturated carbocycles. The van der Waals surface area contributed by atoms with E-state index in [4.69, 9.17) is 5.73 Å². The Morgan fingerprint density at radius 1 is 1.23 bits per heavy atom. The molecule has 3 nitrogen and oxygen atoms in total. The van der Waals surface area contributed by atoms with Crippen LogP contribution >= 0.6 is 22.7 Å². The molecule has 22 heavy (non-hydrogen) atoms. The monoisotopic (exact) mass is 332 g/mol. The van der Waals surface area contributed by atoms with E-state index in [9.17, 15) is 4.79 Å². The number of nitrogens with zero attached hydrogens (tertiary/aromatic N) is 1. The van der Waals surface area contributed by atoms with Crippen LogP contribution in [0.5, 0.6) is 0 Å². The molecule has 0 atom stereocenters. The molecule has 0 spiro atoms. The summed E-state index contributed by atoms with van der Waals surface area (Å²) in [5, 5.41) is 1.25. The quantitative estimate of drug-likeness (QED) is 0.779. The molecular formula is C17H20N2OS2. The van der Waals surface area contributed by atoms with Crippen molar-refractivity contribution in [1.29, 1.82) is 0 Å². The fraction of sp³-hybridized carbons (Fsp3) is 0.353. The van der Waals surface area contributed by atoms with Gasteiger partial charge in [0.2, 0.25) is 0 Å². The van der Waals surface area contributed by atoms with Gasteiger partial charge in [-0.15, -0.1) is 22.7 Å². The molecule has 2 aromatic heterocycles. The van der Waals surface area contributed by atoms with Gasteiger partial charge in [0, 0.05) is 28.4 Å². The minimum atomic E-state index is -0.0637. The number of hydrogen-bond donors (Lipinski definition) is 1. The average Bonchev–Trinajstić information content (AvgIpc) is 3.03. The van der Waals surface area contributed by atoms with E-state index in [1.165, 1.54) is 19.5 Å². The first-order chi connectivity index (χ1) is 10.4. The Labute approximate surface area is 138 Å². The second-order valence-electron chi connectivity index (χ2n) is 6.43. The molecular weight excluding hydrogens is 312 g/mol. The zero-order valence-electron chi connectivity index (χ0n) is 13.1. The minimum absolute atomic E-state index is 0.0637. The van der Waals surface area contributed by atoms with Gasteiger partial charge in [0.1, 0.15) is 0 Å². The highest BCUT2D eigenvalue weighted by Crippen LogP contribution is 2.39. The number of thiophene rings is 2. The zero-order valence-corrected chi connectivity index (χ0v) is 14.7. The van der Waals surface area contributed by atoms with Crippen LogP contribution in [0.1, 0.15) is 23.5 Å². The Hall–Kier alpha value is -1.43. The van der Waals surface area contributed by atoms with Gasteiger partial charge in [-0.25, -0.2) is 0 Å². The Morgan fingerprint density at radius 3 is 2.68 bits per heavy atom. The third-order valence-corrected chi connectivity index (χ3v) is 6.23. The lowest BCUT2D eigenvalue weighted by Gasteiger charge is -2.28. The van der Waals surface area contributed by atoms with Crippen LogP contribution in [0.25, 0.3) is 19.5 Å². The van der Waals surface area contributed by atoms with Gasteiger partial charge in [-0.3, -0.25) is 4.79 Å². The van der Waals surface area contributed by atoms with E-state index in [0.717, 1.165) is 4.88 Å². The van der Waals surface area contributed by atoms with Crippen LogP contribution in [0.15, 0.2) is 30.3 Å². The Balaban J connectivity index is 1.91. The smallest absolute Gasteiger partial charge is 0.263 e. The lowest BCUT2D eigenvalue weighted by atomic mass is 9.93. The fourth-order valence-electron chi connectivity index (χ4n) is 2.57. The number of fused-ring (bicyclic) bond motifs is 3. The van der Waals surface area contributed by atoms with Crippen molar-refractivity contribution in [3.63, 3.8) is 0 Å². The highest BCUT2D eigenvalue weighted by molar-refractivity contribution is 7.33. The van der Waals surface area contributed by atoms with Gasteiger partial charge in [-0.1, -0.05) is 32.0 Å². The summed E-state index contributed by atoms with van der Waals surface area (Å²) in [4.78, 5) is 15.2. The van der Waals surface area contributed by atoms with E-state index in [0.29, 0.717) is 13.1 Å². The minimum Gasteiger partial charge on any atom is -0.340 e. The molecule has 0 aliphatic heterocycles. The van der Waals surface area contributed by atoms with Crippen LogP contribution in [-0.2, 0) is 0 Å². The van der Waals surface area contributed by atoms with E-state index >= 15 is 0 Å². The van der Waals surface area contributed by atoms with E-state index in [1.54, 1.807) is 27.6 Å². The molecule has 116 valence electrons. The number of benzene rings is 1. The highest BCUT2D eigenvalue weighted by Gasteiger charge is 2.23. The van der Waals surface area contributed by atoms with Gasteiger partial charge in [0.15, 0.2) is 0 Å². The molecule has 0 radical (unpaired) electrons. The Kier molecular flexibility index (Phi) is 3.97. The molecule has 0 unspecified atom stereocenters. The van der Waals surface area contributed by atoms with Crippen LogP contribution in [0.4, 0.5) is 0 Å². The van der Waals surface area contributed by atoms with Gasteiger partial charge >= 0.3 is 0 Å². The molecule has 0 aliphatic rings. The van der Waals surface area contributed by atoms with Crippen molar-refractivity contribution < 1.29 is 4.79 Å². The Bertz CT molecular complexity index is 832. The molecule has 0 saturated heterocycles. The molecule has 0 fully saturated rings. The molecule has 1 amide bonds. The van der Waals surface area contributed by atoms with Crippen LogP contribution in [0, 0.1) is 5.41 Å². The third kappa shape index (κ3) is 2.76. The first-order valence-electron chi connectivity index (χ1n) is 7.28. The highest BCUT2D eigenvalue weighted by atomic mass is 32.1. The van der Waals surface area contributed by atoms with Crippen molar-refractivity contribution in [2.75, 3.05) is 20.1 Å². The number of rotatable bonds is 4.